The largest absolute Gasteiger partial charge is 0.464 e. The Labute approximate surface area is 71.9 Å². The maximum Gasteiger partial charge on any atom is 0.425 e. The van der Waals surface area contributed by atoms with Gasteiger partial charge in [-0.15, -0.1) is 0 Å². The molecule has 0 atom stereocenters. The highest BCUT2D eigenvalue weighted by Crippen LogP contribution is 2.23. The fourth-order valence-corrected chi connectivity index (χ4v) is 0.702. The highest BCUT2D eigenvalue weighted by molar-refractivity contribution is 5.64. The molecular formula is C7H15N3O2. The Bertz CT molecular complexity index is 201. The average molecular weight is 173 g/mol. The molecule has 2 N–H and O–H groups in total. The summed E-state index contributed by atoms with van der Waals surface area (Å²) in [5.41, 5.74) is 2.32. The van der Waals surface area contributed by atoms with Crippen LogP contribution in [0.3, 0.4) is 0 Å². The number of aliphatic hydroxyl groups excluding tert-OH is 1. The van der Waals surface area contributed by atoms with Crippen LogP contribution in [0.2, 0.25) is 0 Å². The van der Waals surface area contributed by atoms with Gasteiger partial charge in [0.25, 0.3) is 0 Å². The molecule has 0 amide bonds. The Morgan fingerprint density at radius 1 is 1.58 bits per heavy atom. The van der Waals surface area contributed by atoms with Crippen molar-refractivity contribution in [1.82, 2.24) is 10.7 Å². The van der Waals surface area contributed by atoms with E-state index in [2.05, 4.69) is 29.4 Å². The number of hydrogen-bond acceptors (Lipinski definition) is 4. The van der Waals surface area contributed by atoms with Crippen LogP contribution in [0.15, 0.2) is 5.10 Å². The summed E-state index contributed by atoms with van der Waals surface area (Å²) in [6.07, 6.45) is -0.344. The van der Waals surface area contributed by atoms with E-state index in [1.54, 1.807) is 0 Å². The first-order chi connectivity index (χ1) is 5.44. The van der Waals surface area contributed by atoms with Crippen molar-refractivity contribution >= 4 is 6.08 Å². The molecule has 1 heterocycles. The lowest BCUT2D eigenvalue weighted by Gasteiger charge is -2.34. The number of rotatable bonds is 2. The van der Waals surface area contributed by atoms with E-state index in [4.69, 9.17) is 5.11 Å². The zero-order valence-electron chi connectivity index (χ0n) is 7.83. The van der Waals surface area contributed by atoms with Crippen LogP contribution in [0.4, 0.5) is 0 Å². The molecule has 12 heavy (non-hydrogen) atoms. The maximum absolute atomic E-state index is 8.87. The highest BCUT2D eigenvalue weighted by atomic mass is 16.8. The SMILES string of the molecule is CC(C)C(C)(C)N1N=C(O)ON1. The van der Waals surface area contributed by atoms with Gasteiger partial charge < -0.3 is 9.94 Å². The molecule has 1 aliphatic rings. The molecule has 70 valence electrons. The van der Waals surface area contributed by atoms with E-state index in [0.29, 0.717) is 5.92 Å². The van der Waals surface area contributed by atoms with Gasteiger partial charge >= 0.3 is 6.08 Å². The molecule has 0 radical (unpaired) electrons. The van der Waals surface area contributed by atoms with Crippen molar-refractivity contribution in [2.24, 2.45) is 11.0 Å². The van der Waals surface area contributed by atoms with Crippen molar-refractivity contribution in [3.05, 3.63) is 0 Å². The van der Waals surface area contributed by atoms with Gasteiger partial charge in [-0.3, -0.25) is 0 Å². The van der Waals surface area contributed by atoms with Gasteiger partial charge in [0.2, 0.25) is 0 Å². The standard InChI is InChI=1S/C7H15N3O2/c1-5(2)7(3,4)10-8-6(11)12-9-10/h5,9H,1-4H3,(H,8,11). The summed E-state index contributed by atoms with van der Waals surface area (Å²) in [7, 11) is 0. The van der Waals surface area contributed by atoms with Crippen molar-refractivity contribution in [3.63, 3.8) is 0 Å². The lowest BCUT2D eigenvalue weighted by molar-refractivity contribution is -0.0575. The highest BCUT2D eigenvalue weighted by Gasteiger charge is 2.34. The Morgan fingerprint density at radius 3 is 2.50 bits per heavy atom. The maximum atomic E-state index is 8.87. The van der Waals surface area contributed by atoms with Crippen molar-refractivity contribution in [3.8, 4) is 0 Å². The number of nitrogens with zero attached hydrogens (tertiary/aromatic N) is 2. The van der Waals surface area contributed by atoms with Crippen molar-refractivity contribution < 1.29 is 9.94 Å². The van der Waals surface area contributed by atoms with Crippen LogP contribution >= 0.6 is 0 Å². The van der Waals surface area contributed by atoms with Gasteiger partial charge in [0.15, 0.2) is 0 Å². The molecule has 1 aliphatic heterocycles. The summed E-state index contributed by atoms with van der Waals surface area (Å²) in [4.78, 5) is 4.58. The van der Waals surface area contributed by atoms with E-state index in [0.717, 1.165) is 0 Å². The minimum atomic E-state index is -0.344. The van der Waals surface area contributed by atoms with Gasteiger partial charge in [-0.2, -0.15) is 5.12 Å². The Hall–Kier alpha value is -0.970. The van der Waals surface area contributed by atoms with Gasteiger partial charge in [-0.05, 0) is 25.4 Å². The molecule has 0 aromatic rings. The third-order valence-electron chi connectivity index (χ3n) is 2.37. The number of hydrogen-bond donors (Lipinski definition) is 2. The predicted molar refractivity (Wildman–Crippen MR) is 45.0 cm³/mol. The summed E-state index contributed by atoms with van der Waals surface area (Å²) in [6.45, 7) is 8.17. The van der Waals surface area contributed by atoms with Crippen LogP contribution in [0.5, 0.6) is 0 Å². The second-order valence-electron chi connectivity index (χ2n) is 3.70. The summed E-state index contributed by atoms with van der Waals surface area (Å²) >= 11 is 0. The van der Waals surface area contributed by atoms with Crippen LogP contribution < -0.4 is 5.59 Å². The second-order valence-corrected chi connectivity index (χ2v) is 3.70. The van der Waals surface area contributed by atoms with Gasteiger partial charge in [0, 0.05) is 0 Å². The van der Waals surface area contributed by atoms with Crippen LogP contribution in [-0.2, 0) is 4.84 Å². The molecule has 0 saturated heterocycles. The molecular weight excluding hydrogens is 158 g/mol. The fraction of sp³-hybridized carbons (Fsp3) is 0.857. The topological polar surface area (TPSA) is 57.1 Å². The Kier molecular flexibility index (Phi) is 2.14. The van der Waals surface area contributed by atoms with Crippen molar-refractivity contribution in [2.75, 3.05) is 0 Å². The molecule has 1 rings (SSSR count). The van der Waals surface area contributed by atoms with Gasteiger partial charge in [0.05, 0.1) is 5.54 Å². The van der Waals surface area contributed by atoms with E-state index < -0.39 is 0 Å². The summed E-state index contributed by atoms with van der Waals surface area (Å²) in [5.74, 6) is 0.392. The lowest BCUT2D eigenvalue weighted by atomic mass is 9.91. The lowest BCUT2D eigenvalue weighted by Crippen LogP contribution is -2.49. The van der Waals surface area contributed by atoms with Gasteiger partial charge in [-0.1, -0.05) is 18.9 Å². The zero-order chi connectivity index (χ0) is 9.35. The Balaban J connectivity index is 2.70. The molecule has 0 spiro atoms. The van der Waals surface area contributed by atoms with Crippen LogP contribution in [0, 0.1) is 5.92 Å². The molecule has 5 heteroatoms. The molecule has 0 unspecified atom stereocenters. The first-order valence-corrected chi connectivity index (χ1v) is 3.95. The molecule has 5 nitrogen and oxygen atoms in total. The quantitative estimate of drug-likeness (QED) is 0.654. The third-order valence-corrected chi connectivity index (χ3v) is 2.37. The van der Waals surface area contributed by atoms with E-state index in [9.17, 15) is 0 Å². The van der Waals surface area contributed by atoms with Crippen LogP contribution in [0.1, 0.15) is 27.7 Å². The van der Waals surface area contributed by atoms with E-state index in [-0.39, 0.29) is 11.6 Å². The molecule has 0 bridgehead atoms. The van der Waals surface area contributed by atoms with E-state index >= 15 is 0 Å². The third kappa shape index (κ3) is 1.45. The number of hydrazine groups is 1. The van der Waals surface area contributed by atoms with Crippen LogP contribution in [0.25, 0.3) is 0 Å². The Morgan fingerprint density at radius 2 is 2.17 bits per heavy atom. The fourth-order valence-electron chi connectivity index (χ4n) is 0.702. The second kappa shape index (κ2) is 2.82. The zero-order valence-corrected chi connectivity index (χ0v) is 7.83. The molecule has 0 aliphatic carbocycles. The minimum absolute atomic E-state index is 0.190. The van der Waals surface area contributed by atoms with Crippen LogP contribution in [-0.4, -0.2) is 21.8 Å². The first kappa shape index (κ1) is 9.12. The monoisotopic (exact) mass is 173 g/mol. The summed E-state index contributed by atoms with van der Waals surface area (Å²) in [5, 5.41) is 14.1. The smallest absolute Gasteiger partial charge is 0.425 e. The van der Waals surface area contributed by atoms with Gasteiger partial charge in [-0.25, -0.2) is 0 Å². The van der Waals surface area contributed by atoms with Crippen molar-refractivity contribution in [2.45, 2.75) is 33.2 Å². The average Bonchev–Trinajstić information content (AvgIpc) is 2.35. The van der Waals surface area contributed by atoms with E-state index in [1.165, 1.54) is 5.12 Å². The normalized spacial score (nSPS) is 18.1. The van der Waals surface area contributed by atoms with Gasteiger partial charge in [0.1, 0.15) is 0 Å². The molecule has 0 aromatic heterocycles. The molecule has 0 aromatic carbocycles. The summed E-state index contributed by atoms with van der Waals surface area (Å²) in [6, 6.07) is 0. The molecule has 0 fully saturated rings. The number of hydrazone groups is 1. The number of aliphatic hydroxyl groups is 1. The van der Waals surface area contributed by atoms with E-state index in [1.807, 2.05) is 13.8 Å². The summed E-state index contributed by atoms with van der Waals surface area (Å²) < 4.78 is 0. The first-order valence-electron chi connectivity index (χ1n) is 3.95. The predicted octanol–water partition coefficient (Wildman–Crippen LogP) is 1.00. The number of nitrogens with one attached hydrogen (secondary N) is 1. The van der Waals surface area contributed by atoms with Crippen molar-refractivity contribution in [1.29, 1.82) is 0 Å². The molecule has 0 saturated carbocycles. The minimum Gasteiger partial charge on any atom is -0.464 e.